The molecule has 0 amide bonds. The Labute approximate surface area is 108 Å². The van der Waals surface area contributed by atoms with Crippen LogP contribution in [0.25, 0.3) is 0 Å². The summed E-state index contributed by atoms with van der Waals surface area (Å²) in [5.41, 5.74) is -0.0526. The predicted molar refractivity (Wildman–Crippen MR) is 72.0 cm³/mol. The van der Waals surface area contributed by atoms with Crippen LogP contribution in [0.2, 0.25) is 0 Å². The third-order valence-corrected chi connectivity index (χ3v) is 2.90. The molecule has 0 aliphatic heterocycles. The molecular weight excluding hydrogens is 230 g/mol. The van der Waals surface area contributed by atoms with Crippen LogP contribution in [-0.4, -0.2) is 29.5 Å². The summed E-state index contributed by atoms with van der Waals surface area (Å²) in [5, 5.41) is 7.56. The van der Waals surface area contributed by atoms with Crippen LogP contribution in [-0.2, 0) is 6.54 Å². The minimum absolute atomic E-state index is 0.0558. The van der Waals surface area contributed by atoms with Crippen molar-refractivity contribution in [2.45, 2.75) is 40.3 Å². The second-order valence-electron chi connectivity index (χ2n) is 5.37. The highest BCUT2D eigenvalue weighted by molar-refractivity contribution is 5.06. The van der Waals surface area contributed by atoms with Crippen molar-refractivity contribution < 1.29 is 4.74 Å². The largest absolute Gasteiger partial charge is 0.480 e. The number of nitrogens with one attached hydrogen (secondary N) is 1. The summed E-state index contributed by atoms with van der Waals surface area (Å²) in [6.45, 7) is 9.89. The standard InChI is InChI=1S/C13H23N3O2/c1-6-14-10(13(2,3)4)9-16-12(17)8-7-11(15-16)18-5/h7-8,10,14H,6,9H2,1-5H3. The Morgan fingerprint density at radius 1 is 1.44 bits per heavy atom. The first-order valence-electron chi connectivity index (χ1n) is 6.24. The number of ether oxygens (including phenoxy) is 1. The lowest BCUT2D eigenvalue weighted by Gasteiger charge is -2.31. The van der Waals surface area contributed by atoms with Crippen molar-refractivity contribution in [2.75, 3.05) is 13.7 Å². The minimum atomic E-state index is -0.108. The molecular formula is C13H23N3O2. The van der Waals surface area contributed by atoms with E-state index in [0.29, 0.717) is 12.4 Å². The highest BCUT2D eigenvalue weighted by Crippen LogP contribution is 2.20. The van der Waals surface area contributed by atoms with E-state index in [9.17, 15) is 4.79 Å². The first-order chi connectivity index (χ1) is 8.38. The van der Waals surface area contributed by atoms with Gasteiger partial charge in [-0.2, -0.15) is 0 Å². The van der Waals surface area contributed by atoms with Crippen LogP contribution in [0.5, 0.6) is 5.88 Å². The molecule has 18 heavy (non-hydrogen) atoms. The molecule has 1 heterocycles. The van der Waals surface area contributed by atoms with Crippen molar-refractivity contribution >= 4 is 0 Å². The quantitative estimate of drug-likeness (QED) is 0.858. The maximum atomic E-state index is 11.8. The lowest BCUT2D eigenvalue weighted by Crippen LogP contribution is -2.45. The molecule has 0 bridgehead atoms. The van der Waals surface area contributed by atoms with E-state index in [4.69, 9.17) is 4.74 Å². The molecule has 0 saturated carbocycles. The molecule has 5 heteroatoms. The summed E-state index contributed by atoms with van der Waals surface area (Å²) in [5.74, 6) is 0.457. The van der Waals surface area contributed by atoms with Gasteiger partial charge in [0, 0.05) is 18.2 Å². The van der Waals surface area contributed by atoms with Gasteiger partial charge < -0.3 is 10.1 Å². The van der Waals surface area contributed by atoms with Crippen molar-refractivity contribution in [3.05, 3.63) is 22.5 Å². The molecule has 0 spiro atoms. The highest BCUT2D eigenvalue weighted by atomic mass is 16.5. The first-order valence-corrected chi connectivity index (χ1v) is 6.24. The van der Waals surface area contributed by atoms with Crippen LogP contribution in [0, 0.1) is 5.41 Å². The molecule has 1 N–H and O–H groups in total. The SMILES string of the molecule is CCNC(Cn1nc(OC)ccc1=O)C(C)(C)C. The van der Waals surface area contributed by atoms with Crippen LogP contribution < -0.4 is 15.6 Å². The number of likely N-dealkylation sites (N-methyl/N-ethyl adjacent to an activating group) is 1. The molecule has 1 rings (SSSR count). The number of hydrogen-bond acceptors (Lipinski definition) is 4. The van der Waals surface area contributed by atoms with Gasteiger partial charge in [-0.1, -0.05) is 27.7 Å². The molecule has 0 aromatic carbocycles. The molecule has 0 radical (unpaired) electrons. The zero-order valence-electron chi connectivity index (χ0n) is 11.9. The van der Waals surface area contributed by atoms with Crippen molar-refractivity contribution in [2.24, 2.45) is 5.41 Å². The van der Waals surface area contributed by atoms with Crippen molar-refractivity contribution in [1.29, 1.82) is 0 Å². The van der Waals surface area contributed by atoms with E-state index in [1.807, 2.05) is 0 Å². The number of nitrogens with zero attached hydrogens (tertiary/aromatic N) is 2. The molecule has 0 saturated heterocycles. The topological polar surface area (TPSA) is 56.1 Å². The van der Waals surface area contributed by atoms with Gasteiger partial charge in [0.05, 0.1) is 13.7 Å². The highest BCUT2D eigenvalue weighted by Gasteiger charge is 2.24. The second kappa shape index (κ2) is 6.00. The lowest BCUT2D eigenvalue weighted by molar-refractivity contribution is 0.232. The smallest absolute Gasteiger partial charge is 0.267 e. The molecule has 1 atom stereocenters. The maximum absolute atomic E-state index is 11.8. The molecule has 5 nitrogen and oxygen atoms in total. The van der Waals surface area contributed by atoms with E-state index in [1.165, 1.54) is 10.7 Å². The Morgan fingerprint density at radius 2 is 2.11 bits per heavy atom. The van der Waals surface area contributed by atoms with Gasteiger partial charge in [0.1, 0.15) is 0 Å². The number of rotatable bonds is 5. The fourth-order valence-electron chi connectivity index (χ4n) is 1.73. The normalized spacial score (nSPS) is 13.4. The molecule has 1 unspecified atom stereocenters. The van der Waals surface area contributed by atoms with Gasteiger partial charge in [-0.3, -0.25) is 4.79 Å². The summed E-state index contributed by atoms with van der Waals surface area (Å²) in [6, 6.07) is 3.25. The zero-order chi connectivity index (χ0) is 13.8. The lowest BCUT2D eigenvalue weighted by atomic mass is 9.86. The second-order valence-corrected chi connectivity index (χ2v) is 5.37. The average Bonchev–Trinajstić information content (AvgIpc) is 2.30. The Balaban J connectivity index is 2.96. The van der Waals surface area contributed by atoms with Crippen molar-refractivity contribution in [3.63, 3.8) is 0 Å². The summed E-state index contributed by atoms with van der Waals surface area (Å²) in [6.07, 6.45) is 0. The van der Waals surface area contributed by atoms with Crippen LogP contribution in [0.4, 0.5) is 0 Å². The number of aromatic nitrogens is 2. The Morgan fingerprint density at radius 3 is 2.61 bits per heavy atom. The first kappa shape index (κ1) is 14.7. The van der Waals surface area contributed by atoms with Crippen molar-refractivity contribution in [1.82, 2.24) is 15.1 Å². The third kappa shape index (κ3) is 3.84. The monoisotopic (exact) mass is 253 g/mol. The molecule has 0 aliphatic carbocycles. The Hall–Kier alpha value is -1.36. The summed E-state index contributed by atoms with van der Waals surface area (Å²) >= 11 is 0. The van der Waals surface area contributed by atoms with Crippen LogP contribution in [0.3, 0.4) is 0 Å². The molecule has 1 aromatic rings. The van der Waals surface area contributed by atoms with E-state index >= 15 is 0 Å². The average molecular weight is 253 g/mol. The van der Waals surface area contributed by atoms with Crippen LogP contribution in [0.1, 0.15) is 27.7 Å². The summed E-state index contributed by atoms with van der Waals surface area (Å²) in [4.78, 5) is 11.8. The van der Waals surface area contributed by atoms with Gasteiger partial charge in [0.25, 0.3) is 5.56 Å². The van der Waals surface area contributed by atoms with E-state index in [1.54, 1.807) is 13.2 Å². The predicted octanol–water partition coefficient (Wildman–Crippen LogP) is 1.28. The van der Waals surface area contributed by atoms with Crippen LogP contribution in [0.15, 0.2) is 16.9 Å². The molecule has 102 valence electrons. The zero-order valence-corrected chi connectivity index (χ0v) is 11.9. The molecule has 1 aromatic heterocycles. The summed E-state index contributed by atoms with van der Waals surface area (Å²) < 4.78 is 6.50. The van der Waals surface area contributed by atoms with E-state index in [2.05, 4.69) is 38.1 Å². The van der Waals surface area contributed by atoms with Gasteiger partial charge in [-0.15, -0.1) is 5.10 Å². The van der Waals surface area contributed by atoms with Crippen molar-refractivity contribution in [3.8, 4) is 5.88 Å². The van der Waals surface area contributed by atoms with Gasteiger partial charge in [-0.05, 0) is 12.0 Å². The van der Waals surface area contributed by atoms with Gasteiger partial charge in [0.2, 0.25) is 5.88 Å². The third-order valence-electron chi connectivity index (χ3n) is 2.90. The van der Waals surface area contributed by atoms with Crippen LogP contribution >= 0.6 is 0 Å². The Bertz CT molecular complexity index is 435. The van der Waals surface area contributed by atoms with E-state index in [0.717, 1.165) is 6.54 Å². The van der Waals surface area contributed by atoms with E-state index < -0.39 is 0 Å². The number of hydrogen-bond donors (Lipinski definition) is 1. The van der Waals surface area contributed by atoms with Gasteiger partial charge >= 0.3 is 0 Å². The fraction of sp³-hybridized carbons (Fsp3) is 0.692. The molecule has 0 fully saturated rings. The fourth-order valence-corrected chi connectivity index (χ4v) is 1.73. The summed E-state index contributed by atoms with van der Waals surface area (Å²) in [7, 11) is 1.54. The Kier molecular flexibility index (Phi) is 4.90. The maximum Gasteiger partial charge on any atom is 0.267 e. The minimum Gasteiger partial charge on any atom is -0.480 e. The van der Waals surface area contributed by atoms with Gasteiger partial charge in [0.15, 0.2) is 0 Å². The van der Waals surface area contributed by atoms with E-state index in [-0.39, 0.29) is 17.0 Å². The number of methoxy groups -OCH3 is 1. The van der Waals surface area contributed by atoms with Gasteiger partial charge in [-0.25, -0.2) is 4.68 Å². The molecule has 0 aliphatic rings.